The molecule has 0 aromatic heterocycles. The molecule has 0 spiro atoms. The van der Waals surface area contributed by atoms with Crippen molar-refractivity contribution in [2.24, 2.45) is 0 Å². The molecule has 0 radical (unpaired) electrons. The van der Waals surface area contributed by atoms with E-state index in [1.165, 1.54) is 5.69 Å². The Hall–Kier alpha value is -1.11. The summed E-state index contributed by atoms with van der Waals surface area (Å²) in [4.78, 5) is 2.24. The minimum atomic E-state index is -3.13. The highest BCUT2D eigenvalue weighted by Crippen LogP contribution is 2.16. The maximum atomic E-state index is 12.3. The van der Waals surface area contributed by atoms with Crippen LogP contribution in [0.1, 0.15) is 13.3 Å². The molecule has 1 heterocycles. The lowest BCUT2D eigenvalue weighted by atomic mass is 10.2. The monoisotopic (exact) mass is 311 g/mol. The Morgan fingerprint density at radius 2 is 1.71 bits per heavy atom. The van der Waals surface area contributed by atoms with Crippen LogP contribution in [0.2, 0.25) is 0 Å². The molecule has 1 fully saturated rings. The second-order valence-electron chi connectivity index (χ2n) is 5.29. The second kappa shape index (κ2) is 7.77. The third-order valence-corrected chi connectivity index (χ3v) is 5.59. The van der Waals surface area contributed by atoms with E-state index in [0.29, 0.717) is 19.6 Å². The normalized spacial score (nSPS) is 17.1. The van der Waals surface area contributed by atoms with E-state index in [1.807, 2.05) is 18.2 Å². The van der Waals surface area contributed by atoms with Crippen molar-refractivity contribution in [3.63, 3.8) is 0 Å². The molecule has 0 saturated carbocycles. The summed E-state index contributed by atoms with van der Waals surface area (Å²) in [6.45, 7) is 6.14. The van der Waals surface area contributed by atoms with Crippen LogP contribution in [0.25, 0.3) is 0 Å². The van der Waals surface area contributed by atoms with Crippen molar-refractivity contribution in [3.8, 4) is 0 Å². The number of sulfonamides is 1. The lowest BCUT2D eigenvalue weighted by Crippen LogP contribution is -2.50. The van der Waals surface area contributed by atoms with Crippen molar-refractivity contribution in [2.75, 3.05) is 49.9 Å². The summed E-state index contributed by atoms with van der Waals surface area (Å²) in [5.74, 6) is 0.193. The summed E-state index contributed by atoms with van der Waals surface area (Å²) in [6.07, 6.45) is 1.02. The predicted octanol–water partition coefficient (Wildman–Crippen LogP) is 1.14. The molecule has 0 aliphatic carbocycles. The molecule has 21 heavy (non-hydrogen) atoms. The highest BCUT2D eigenvalue weighted by molar-refractivity contribution is 7.89. The van der Waals surface area contributed by atoms with E-state index in [-0.39, 0.29) is 5.75 Å². The van der Waals surface area contributed by atoms with Crippen molar-refractivity contribution in [1.29, 1.82) is 0 Å². The smallest absolute Gasteiger partial charge is 0.215 e. The lowest BCUT2D eigenvalue weighted by Gasteiger charge is -2.35. The van der Waals surface area contributed by atoms with Crippen molar-refractivity contribution in [2.45, 2.75) is 13.3 Å². The molecular formula is C15H25N3O2S. The van der Waals surface area contributed by atoms with Crippen LogP contribution in [-0.4, -0.2) is 57.7 Å². The molecule has 0 amide bonds. The van der Waals surface area contributed by atoms with Crippen LogP contribution >= 0.6 is 0 Å². The number of anilines is 1. The fourth-order valence-corrected chi connectivity index (χ4v) is 3.88. The highest BCUT2D eigenvalue weighted by atomic mass is 32.2. The molecule has 0 unspecified atom stereocenters. The van der Waals surface area contributed by atoms with Gasteiger partial charge in [-0.1, -0.05) is 25.1 Å². The Morgan fingerprint density at radius 3 is 2.33 bits per heavy atom. The average Bonchev–Trinajstić information content (AvgIpc) is 2.53. The summed E-state index contributed by atoms with van der Waals surface area (Å²) in [5, 5.41) is 3.15. The van der Waals surface area contributed by atoms with Gasteiger partial charge in [-0.2, -0.15) is 4.31 Å². The van der Waals surface area contributed by atoms with E-state index in [2.05, 4.69) is 29.3 Å². The summed E-state index contributed by atoms with van der Waals surface area (Å²) in [6, 6.07) is 10.2. The average molecular weight is 311 g/mol. The van der Waals surface area contributed by atoms with Crippen molar-refractivity contribution in [3.05, 3.63) is 30.3 Å². The second-order valence-corrected chi connectivity index (χ2v) is 7.38. The lowest BCUT2D eigenvalue weighted by molar-refractivity contribution is 0.384. The van der Waals surface area contributed by atoms with E-state index in [0.717, 1.165) is 26.1 Å². The summed E-state index contributed by atoms with van der Waals surface area (Å²) < 4.78 is 26.1. The van der Waals surface area contributed by atoms with E-state index in [4.69, 9.17) is 0 Å². The van der Waals surface area contributed by atoms with Crippen LogP contribution in [0.3, 0.4) is 0 Å². The maximum Gasteiger partial charge on any atom is 0.215 e. The molecule has 2 rings (SSSR count). The van der Waals surface area contributed by atoms with Crippen LogP contribution in [0.5, 0.6) is 0 Å². The standard InChI is InChI=1S/C15H25N3O2S/c1-2-8-16-9-14-21(19,20)18-12-10-17(11-13-18)15-6-4-3-5-7-15/h3-7,16H,2,8-14H2,1H3. The van der Waals surface area contributed by atoms with Gasteiger partial charge in [-0.05, 0) is 25.1 Å². The SMILES string of the molecule is CCCNCCS(=O)(=O)N1CCN(c2ccccc2)CC1. The predicted molar refractivity (Wildman–Crippen MR) is 87.2 cm³/mol. The molecule has 1 saturated heterocycles. The molecule has 1 N–H and O–H groups in total. The van der Waals surface area contributed by atoms with Gasteiger partial charge in [0.05, 0.1) is 5.75 Å². The van der Waals surface area contributed by atoms with Gasteiger partial charge in [-0.15, -0.1) is 0 Å². The highest BCUT2D eigenvalue weighted by Gasteiger charge is 2.26. The van der Waals surface area contributed by atoms with Crippen molar-refractivity contribution >= 4 is 15.7 Å². The molecule has 6 heteroatoms. The molecule has 1 aromatic rings. The number of hydrogen-bond donors (Lipinski definition) is 1. The number of benzene rings is 1. The van der Waals surface area contributed by atoms with Gasteiger partial charge in [0.1, 0.15) is 0 Å². The Kier molecular flexibility index (Phi) is 6.02. The van der Waals surface area contributed by atoms with Gasteiger partial charge in [0.2, 0.25) is 10.0 Å². The van der Waals surface area contributed by atoms with Crippen molar-refractivity contribution < 1.29 is 8.42 Å². The number of para-hydroxylation sites is 1. The molecule has 5 nitrogen and oxygen atoms in total. The zero-order valence-electron chi connectivity index (χ0n) is 12.7. The van der Waals surface area contributed by atoms with E-state index < -0.39 is 10.0 Å². The molecule has 0 bridgehead atoms. The summed E-state index contributed by atoms with van der Waals surface area (Å²) in [5.41, 5.74) is 1.17. The van der Waals surface area contributed by atoms with Gasteiger partial charge in [0.25, 0.3) is 0 Å². The third kappa shape index (κ3) is 4.69. The quantitative estimate of drug-likeness (QED) is 0.767. The van der Waals surface area contributed by atoms with E-state index >= 15 is 0 Å². The molecule has 0 atom stereocenters. The third-order valence-electron chi connectivity index (χ3n) is 3.72. The first-order valence-corrected chi connectivity index (χ1v) is 9.23. The first-order chi connectivity index (χ1) is 10.1. The molecule has 118 valence electrons. The minimum Gasteiger partial charge on any atom is -0.369 e. The fourth-order valence-electron chi connectivity index (χ4n) is 2.50. The van der Waals surface area contributed by atoms with E-state index in [9.17, 15) is 8.42 Å². The zero-order valence-corrected chi connectivity index (χ0v) is 13.5. The summed E-state index contributed by atoms with van der Waals surface area (Å²) in [7, 11) is -3.13. The Labute approximate surface area is 128 Å². The van der Waals surface area contributed by atoms with Crippen LogP contribution in [0, 0.1) is 0 Å². The van der Waals surface area contributed by atoms with Crippen LogP contribution < -0.4 is 10.2 Å². The number of nitrogens with one attached hydrogen (secondary N) is 1. The number of nitrogens with zero attached hydrogens (tertiary/aromatic N) is 2. The van der Waals surface area contributed by atoms with Crippen molar-refractivity contribution in [1.82, 2.24) is 9.62 Å². The fraction of sp³-hybridized carbons (Fsp3) is 0.600. The molecule has 1 aliphatic rings. The van der Waals surface area contributed by atoms with Gasteiger partial charge in [-0.3, -0.25) is 0 Å². The first kappa shape index (κ1) is 16.3. The molecule has 1 aliphatic heterocycles. The Morgan fingerprint density at radius 1 is 1.05 bits per heavy atom. The minimum absolute atomic E-state index is 0.193. The van der Waals surface area contributed by atoms with Gasteiger partial charge in [0, 0.05) is 38.4 Å². The Balaban J connectivity index is 1.83. The summed E-state index contributed by atoms with van der Waals surface area (Å²) >= 11 is 0. The number of rotatable bonds is 7. The first-order valence-electron chi connectivity index (χ1n) is 7.62. The van der Waals surface area contributed by atoms with Gasteiger partial charge < -0.3 is 10.2 Å². The van der Waals surface area contributed by atoms with Crippen LogP contribution in [0.4, 0.5) is 5.69 Å². The largest absolute Gasteiger partial charge is 0.369 e. The van der Waals surface area contributed by atoms with Gasteiger partial charge in [0.15, 0.2) is 0 Å². The molecule has 1 aromatic carbocycles. The van der Waals surface area contributed by atoms with Crippen LogP contribution in [0.15, 0.2) is 30.3 Å². The van der Waals surface area contributed by atoms with Gasteiger partial charge in [-0.25, -0.2) is 8.42 Å². The van der Waals surface area contributed by atoms with E-state index in [1.54, 1.807) is 4.31 Å². The number of hydrogen-bond acceptors (Lipinski definition) is 4. The van der Waals surface area contributed by atoms with Crippen LogP contribution in [-0.2, 0) is 10.0 Å². The Bertz CT molecular complexity index is 511. The molecular weight excluding hydrogens is 286 g/mol. The zero-order chi connectivity index (χ0) is 15.1. The topological polar surface area (TPSA) is 52.7 Å². The number of piperazine rings is 1. The maximum absolute atomic E-state index is 12.3. The van der Waals surface area contributed by atoms with Gasteiger partial charge >= 0.3 is 0 Å².